The zero-order valence-electron chi connectivity index (χ0n) is 16.2. The van der Waals surface area contributed by atoms with Gasteiger partial charge < -0.3 is 14.8 Å². The smallest absolute Gasteiger partial charge is 0.333 e. The zero-order chi connectivity index (χ0) is 21.5. The van der Waals surface area contributed by atoms with Crippen molar-refractivity contribution < 1.29 is 18.0 Å². The van der Waals surface area contributed by atoms with Gasteiger partial charge in [-0.25, -0.2) is 4.79 Å². The van der Waals surface area contributed by atoms with Crippen LogP contribution in [0.5, 0.6) is 0 Å². The summed E-state index contributed by atoms with van der Waals surface area (Å²) in [6.45, 7) is 0.877. The first-order valence-electron chi connectivity index (χ1n) is 9.51. The van der Waals surface area contributed by atoms with Crippen LogP contribution in [0.3, 0.4) is 0 Å². The third kappa shape index (κ3) is 3.77. The summed E-state index contributed by atoms with van der Waals surface area (Å²) in [5.74, 6) is 0.0974. The number of nitrogens with zero attached hydrogens (tertiary/aromatic N) is 4. The van der Waals surface area contributed by atoms with Crippen LogP contribution in [0.25, 0.3) is 5.65 Å². The average molecular weight is 419 g/mol. The van der Waals surface area contributed by atoms with Crippen molar-refractivity contribution in [2.45, 2.75) is 24.9 Å². The van der Waals surface area contributed by atoms with E-state index in [1.165, 1.54) is 16.6 Å². The van der Waals surface area contributed by atoms with Gasteiger partial charge in [-0.1, -0.05) is 6.07 Å². The second-order valence-electron chi connectivity index (χ2n) is 7.34. The van der Waals surface area contributed by atoms with Gasteiger partial charge in [0.1, 0.15) is 5.65 Å². The summed E-state index contributed by atoms with van der Waals surface area (Å²) < 4.78 is 41.8. The molecule has 7 nitrogen and oxygen atoms in total. The Morgan fingerprint density at radius 1 is 1.17 bits per heavy atom. The molecule has 1 N–H and O–H groups in total. The molecule has 1 aliphatic heterocycles. The first-order valence-corrected chi connectivity index (χ1v) is 9.51. The van der Waals surface area contributed by atoms with Crippen LogP contribution < -0.4 is 10.9 Å². The molecule has 0 bridgehead atoms. The van der Waals surface area contributed by atoms with Gasteiger partial charge in [0, 0.05) is 49.6 Å². The Hall–Kier alpha value is -3.30. The van der Waals surface area contributed by atoms with Crippen LogP contribution in [0.15, 0.2) is 47.4 Å². The number of aromatic nitrogens is 3. The molecule has 2 amide bonds. The summed E-state index contributed by atoms with van der Waals surface area (Å²) in [6.07, 6.45) is -1.60. The van der Waals surface area contributed by atoms with E-state index in [0.29, 0.717) is 31.6 Å². The molecule has 0 saturated carbocycles. The number of alkyl halides is 3. The molecule has 1 aromatic carbocycles. The minimum atomic E-state index is -4.47. The largest absolute Gasteiger partial charge is 0.416 e. The molecule has 3 aromatic rings. The van der Waals surface area contributed by atoms with Crippen molar-refractivity contribution in [2.75, 3.05) is 18.4 Å². The van der Waals surface area contributed by atoms with Gasteiger partial charge in [0.25, 0.3) is 5.56 Å². The number of likely N-dealkylation sites (tertiary alicyclic amines) is 1. The topological polar surface area (TPSA) is 71.6 Å². The number of carbonyl (C=O) groups excluding carboxylic acids is 1. The second kappa shape index (κ2) is 7.51. The fourth-order valence-corrected chi connectivity index (χ4v) is 3.88. The van der Waals surface area contributed by atoms with E-state index in [2.05, 4.69) is 10.4 Å². The number of anilines is 1. The third-order valence-electron chi connectivity index (χ3n) is 5.48. The number of urea groups is 1. The Balaban J connectivity index is 1.43. The number of nitrogens with one attached hydrogen (secondary N) is 1. The second-order valence-corrected chi connectivity index (χ2v) is 7.34. The standard InChI is InChI=1S/C20H20F3N5O2/c1-26-16(12-18(29)28-17(26)5-8-24-28)13-6-9-27(10-7-13)19(30)25-15-4-2-3-14(11-15)20(21,22)23/h2-5,8,11-13H,6-7,9-10H2,1H3,(H,25,30). The number of rotatable bonds is 2. The van der Waals surface area contributed by atoms with Crippen LogP contribution in [-0.2, 0) is 13.2 Å². The normalized spacial score (nSPS) is 15.5. The van der Waals surface area contributed by atoms with E-state index in [4.69, 9.17) is 0 Å². The first kappa shape index (κ1) is 20.0. The molecule has 0 unspecified atom stereocenters. The van der Waals surface area contributed by atoms with Crippen LogP contribution in [0, 0.1) is 0 Å². The molecule has 0 radical (unpaired) electrons. The van der Waals surface area contributed by atoms with E-state index in [1.54, 1.807) is 23.2 Å². The van der Waals surface area contributed by atoms with E-state index < -0.39 is 17.8 Å². The molecule has 3 heterocycles. The first-order chi connectivity index (χ1) is 14.2. The number of fused-ring (bicyclic) bond motifs is 1. The maximum atomic E-state index is 12.8. The van der Waals surface area contributed by atoms with Crippen molar-refractivity contribution in [1.82, 2.24) is 19.1 Å². The highest BCUT2D eigenvalue weighted by atomic mass is 19.4. The lowest BCUT2D eigenvalue weighted by atomic mass is 9.93. The fourth-order valence-electron chi connectivity index (χ4n) is 3.88. The minimum Gasteiger partial charge on any atom is -0.333 e. The maximum Gasteiger partial charge on any atom is 0.416 e. The molecule has 10 heteroatoms. The molecule has 0 atom stereocenters. The van der Waals surface area contributed by atoms with E-state index in [0.717, 1.165) is 17.8 Å². The minimum absolute atomic E-state index is 0.0974. The highest BCUT2D eigenvalue weighted by Gasteiger charge is 2.31. The predicted octanol–water partition coefficient (Wildman–Crippen LogP) is 3.46. The Kier molecular flexibility index (Phi) is 5.00. The highest BCUT2D eigenvalue weighted by Crippen LogP contribution is 2.31. The van der Waals surface area contributed by atoms with E-state index in [1.807, 2.05) is 11.6 Å². The summed E-state index contributed by atoms with van der Waals surface area (Å²) in [4.78, 5) is 26.3. The van der Waals surface area contributed by atoms with Crippen LogP contribution in [0.1, 0.15) is 30.0 Å². The SMILES string of the molecule is Cn1c(C2CCN(C(=O)Nc3cccc(C(F)(F)F)c3)CC2)cc(=O)n2nccc12. The predicted molar refractivity (Wildman–Crippen MR) is 104 cm³/mol. The quantitative estimate of drug-likeness (QED) is 0.692. The Bertz CT molecular complexity index is 1140. The molecular formula is C20H20F3N5O2. The molecule has 2 aromatic heterocycles. The number of halogens is 3. The number of benzene rings is 1. The van der Waals surface area contributed by atoms with Crippen molar-refractivity contribution in [3.05, 3.63) is 64.2 Å². The van der Waals surface area contributed by atoms with Crippen LogP contribution in [0.2, 0.25) is 0 Å². The highest BCUT2D eigenvalue weighted by molar-refractivity contribution is 5.89. The zero-order valence-corrected chi connectivity index (χ0v) is 16.2. The number of aryl methyl sites for hydroxylation is 1. The third-order valence-corrected chi connectivity index (χ3v) is 5.48. The molecule has 0 aliphatic carbocycles. The van der Waals surface area contributed by atoms with Gasteiger partial charge in [0.2, 0.25) is 0 Å². The lowest BCUT2D eigenvalue weighted by molar-refractivity contribution is -0.137. The van der Waals surface area contributed by atoms with Crippen LogP contribution in [-0.4, -0.2) is 38.2 Å². The van der Waals surface area contributed by atoms with Gasteiger partial charge in [-0.15, -0.1) is 0 Å². The monoisotopic (exact) mass is 419 g/mol. The van der Waals surface area contributed by atoms with Gasteiger partial charge in [-0.05, 0) is 31.0 Å². The molecule has 1 saturated heterocycles. The molecule has 1 aliphatic rings. The van der Waals surface area contributed by atoms with E-state index in [9.17, 15) is 22.8 Å². The summed E-state index contributed by atoms with van der Waals surface area (Å²) in [6, 6.07) is 7.47. The van der Waals surface area contributed by atoms with Crippen molar-refractivity contribution in [3.63, 3.8) is 0 Å². The average Bonchev–Trinajstić information content (AvgIpc) is 3.21. The van der Waals surface area contributed by atoms with Gasteiger partial charge in [-0.2, -0.15) is 22.8 Å². The number of carbonyl (C=O) groups is 1. The molecule has 1 fully saturated rings. The number of amides is 2. The summed E-state index contributed by atoms with van der Waals surface area (Å²) in [7, 11) is 1.87. The van der Waals surface area contributed by atoms with Gasteiger partial charge >= 0.3 is 12.2 Å². The van der Waals surface area contributed by atoms with Crippen LogP contribution in [0.4, 0.5) is 23.7 Å². The Labute approximate surface area is 169 Å². The van der Waals surface area contributed by atoms with Gasteiger partial charge in [0.15, 0.2) is 0 Å². The Morgan fingerprint density at radius 2 is 1.90 bits per heavy atom. The van der Waals surface area contributed by atoms with Crippen molar-refractivity contribution in [3.8, 4) is 0 Å². The van der Waals surface area contributed by atoms with E-state index in [-0.39, 0.29) is 17.2 Å². The number of piperidine rings is 1. The number of hydrogen-bond donors (Lipinski definition) is 1. The molecule has 158 valence electrons. The van der Waals surface area contributed by atoms with E-state index >= 15 is 0 Å². The summed E-state index contributed by atoms with van der Waals surface area (Å²) >= 11 is 0. The van der Waals surface area contributed by atoms with Gasteiger partial charge in [0.05, 0.1) is 11.8 Å². The lowest BCUT2D eigenvalue weighted by Crippen LogP contribution is -2.41. The summed E-state index contributed by atoms with van der Waals surface area (Å²) in [5.41, 5.74) is 0.668. The van der Waals surface area contributed by atoms with Crippen molar-refractivity contribution in [1.29, 1.82) is 0 Å². The molecule has 4 rings (SSSR count). The molecule has 30 heavy (non-hydrogen) atoms. The maximum absolute atomic E-state index is 12.8. The molecule has 0 spiro atoms. The van der Waals surface area contributed by atoms with Crippen molar-refractivity contribution >= 4 is 17.4 Å². The number of hydrogen-bond acceptors (Lipinski definition) is 3. The van der Waals surface area contributed by atoms with Crippen LogP contribution >= 0.6 is 0 Å². The Morgan fingerprint density at radius 3 is 2.60 bits per heavy atom. The van der Waals surface area contributed by atoms with Gasteiger partial charge in [-0.3, -0.25) is 4.79 Å². The van der Waals surface area contributed by atoms with Crippen molar-refractivity contribution in [2.24, 2.45) is 7.05 Å². The molecular weight excluding hydrogens is 399 g/mol. The fraction of sp³-hybridized carbons (Fsp3) is 0.350. The summed E-state index contributed by atoms with van der Waals surface area (Å²) in [5, 5.41) is 6.55. The lowest BCUT2D eigenvalue weighted by Gasteiger charge is -2.33.